The van der Waals surface area contributed by atoms with Crippen molar-refractivity contribution in [3.8, 4) is 0 Å². The molecule has 0 bridgehead atoms. The van der Waals surface area contributed by atoms with Crippen molar-refractivity contribution in [1.29, 1.82) is 0 Å². The minimum atomic E-state index is 0.479. The van der Waals surface area contributed by atoms with Crippen LogP contribution in [-0.2, 0) is 13.1 Å². The van der Waals surface area contributed by atoms with Crippen LogP contribution in [0.5, 0.6) is 0 Å². The standard InChI is InChI=1S/C18H32N6/c1-5-9-23-10-6-16(7-11-23)22-18(19-4)21-13-17-20-8-12-24(17)14-15(2)3/h5,8,12,15-16H,1,6-7,9-11,13-14H2,2-4H3,(H2,19,21,22). The molecule has 0 amide bonds. The zero-order valence-corrected chi connectivity index (χ0v) is 15.3. The van der Waals surface area contributed by atoms with E-state index in [1.165, 1.54) is 0 Å². The lowest BCUT2D eigenvalue weighted by Crippen LogP contribution is -2.48. The van der Waals surface area contributed by atoms with Gasteiger partial charge in [0, 0.05) is 51.7 Å². The highest BCUT2D eigenvalue weighted by Crippen LogP contribution is 2.10. The molecule has 2 N–H and O–H groups in total. The molecule has 1 aromatic heterocycles. The SMILES string of the molecule is C=CCN1CCC(NC(=NC)NCc2nccn2CC(C)C)CC1. The molecule has 1 fully saturated rings. The Morgan fingerprint density at radius 3 is 2.83 bits per heavy atom. The van der Waals surface area contributed by atoms with Gasteiger partial charge in [-0.25, -0.2) is 4.98 Å². The third-order valence-electron chi connectivity index (χ3n) is 4.32. The third-order valence-corrected chi connectivity index (χ3v) is 4.32. The molecule has 0 saturated carbocycles. The van der Waals surface area contributed by atoms with Crippen molar-refractivity contribution >= 4 is 5.96 Å². The Morgan fingerprint density at radius 2 is 2.21 bits per heavy atom. The number of nitrogens with one attached hydrogen (secondary N) is 2. The summed E-state index contributed by atoms with van der Waals surface area (Å²) in [6.07, 6.45) is 8.16. The minimum Gasteiger partial charge on any atom is -0.354 e. The van der Waals surface area contributed by atoms with Crippen molar-refractivity contribution in [2.24, 2.45) is 10.9 Å². The Morgan fingerprint density at radius 1 is 1.46 bits per heavy atom. The fourth-order valence-corrected chi connectivity index (χ4v) is 3.06. The average molecular weight is 332 g/mol. The summed E-state index contributed by atoms with van der Waals surface area (Å²) in [5.41, 5.74) is 0. The number of likely N-dealkylation sites (tertiary alicyclic amines) is 1. The normalized spacial score (nSPS) is 17.2. The van der Waals surface area contributed by atoms with Crippen LogP contribution in [0, 0.1) is 5.92 Å². The fraction of sp³-hybridized carbons (Fsp3) is 0.667. The lowest BCUT2D eigenvalue weighted by Gasteiger charge is -2.32. The largest absolute Gasteiger partial charge is 0.354 e. The van der Waals surface area contributed by atoms with Gasteiger partial charge in [0.15, 0.2) is 5.96 Å². The molecule has 1 aliphatic heterocycles. The fourth-order valence-electron chi connectivity index (χ4n) is 3.06. The summed E-state index contributed by atoms with van der Waals surface area (Å²) in [6, 6.07) is 0.479. The summed E-state index contributed by atoms with van der Waals surface area (Å²) in [6.45, 7) is 13.1. The highest BCUT2D eigenvalue weighted by molar-refractivity contribution is 5.79. The molecular weight excluding hydrogens is 300 g/mol. The molecule has 6 heteroatoms. The molecule has 0 aliphatic carbocycles. The maximum Gasteiger partial charge on any atom is 0.191 e. The average Bonchev–Trinajstić information content (AvgIpc) is 2.99. The van der Waals surface area contributed by atoms with Crippen LogP contribution in [0.15, 0.2) is 30.0 Å². The number of aromatic nitrogens is 2. The van der Waals surface area contributed by atoms with Crippen LogP contribution < -0.4 is 10.6 Å². The molecular formula is C18H32N6. The molecule has 24 heavy (non-hydrogen) atoms. The molecule has 0 spiro atoms. The molecule has 6 nitrogen and oxygen atoms in total. The monoisotopic (exact) mass is 332 g/mol. The predicted octanol–water partition coefficient (Wildman–Crippen LogP) is 1.85. The van der Waals surface area contributed by atoms with E-state index >= 15 is 0 Å². The van der Waals surface area contributed by atoms with E-state index in [-0.39, 0.29) is 0 Å². The van der Waals surface area contributed by atoms with E-state index in [2.05, 4.69) is 50.5 Å². The smallest absolute Gasteiger partial charge is 0.191 e. The van der Waals surface area contributed by atoms with E-state index in [1.54, 1.807) is 0 Å². The number of aliphatic imine (C=N–C) groups is 1. The second kappa shape index (κ2) is 9.47. The van der Waals surface area contributed by atoms with E-state index < -0.39 is 0 Å². The van der Waals surface area contributed by atoms with Crippen molar-refractivity contribution in [1.82, 2.24) is 25.1 Å². The summed E-state index contributed by atoms with van der Waals surface area (Å²) in [7, 11) is 1.82. The van der Waals surface area contributed by atoms with Gasteiger partial charge in [-0.2, -0.15) is 0 Å². The van der Waals surface area contributed by atoms with Crippen molar-refractivity contribution in [2.75, 3.05) is 26.7 Å². The maximum atomic E-state index is 4.45. The first-order valence-electron chi connectivity index (χ1n) is 8.92. The third kappa shape index (κ3) is 5.67. The first kappa shape index (κ1) is 18.5. The van der Waals surface area contributed by atoms with Gasteiger partial charge in [-0.1, -0.05) is 19.9 Å². The number of piperidine rings is 1. The minimum absolute atomic E-state index is 0.479. The molecule has 1 aromatic rings. The molecule has 1 aliphatic rings. The highest BCUT2D eigenvalue weighted by atomic mass is 15.2. The van der Waals surface area contributed by atoms with E-state index in [0.29, 0.717) is 18.5 Å². The van der Waals surface area contributed by atoms with Gasteiger partial charge in [0.1, 0.15) is 5.82 Å². The molecule has 0 atom stereocenters. The van der Waals surface area contributed by atoms with Crippen LogP contribution in [0.1, 0.15) is 32.5 Å². The predicted molar refractivity (Wildman–Crippen MR) is 100 cm³/mol. The Bertz CT molecular complexity index is 525. The molecule has 0 radical (unpaired) electrons. The Labute approximate surface area is 146 Å². The van der Waals surface area contributed by atoms with Crippen molar-refractivity contribution in [3.63, 3.8) is 0 Å². The second-order valence-electron chi connectivity index (χ2n) is 6.82. The van der Waals surface area contributed by atoms with Crippen LogP contribution in [-0.4, -0.2) is 53.1 Å². The van der Waals surface area contributed by atoms with Crippen LogP contribution >= 0.6 is 0 Å². The Balaban J connectivity index is 1.79. The molecule has 1 saturated heterocycles. The van der Waals surface area contributed by atoms with Gasteiger partial charge in [-0.15, -0.1) is 6.58 Å². The van der Waals surface area contributed by atoms with Gasteiger partial charge in [-0.3, -0.25) is 9.89 Å². The molecule has 134 valence electrons. The van der Waals surface area contributed by atoms with E-state index in [1.807, 2.05) is 25.5 Å². The van der Waals surface area contributed by atoms with Crippen LogP contribution in [0.25, 0.3) is 0 Å². The maximum absolute atomic E-state index is 4.45. The van der Waals surface area contributed by atoms with Gasteiger partial charge >= 0.3 is 0 Å². The highest BCUT2D eigenvalue weighted by Gasteiger charge is 2.19. The van der Waals surface area contributed by atoms with Gasteiger partial charge in [0.05, 0.1) is 6.54 Å². The van der Waals surface area contributed by atoms with Crippen molar-refractivity contribution in [3.05, 3.63) is 30.9 Å². The number of hydrogen-bond donors (Lipinski definition) is 2. The molecule has 0 unspecified atom stereocenters. The molecule has 2 rings (SSSR count). The van der Waals surface area contributed by atoms with Crippen LogP contribution in [0.4, 0.5) is 0 Å². The van der Waals surface area contributed by atoms with Gasteiger partial charge in [0.25, 0.3) is 0 Å². The number of nitrogens with zero attached hydrogens (tertiary/aromatic N) is 4. The molecule has 0 aromatic carbocycles. The Kier molecular flexibility index (Phi) is 7.31. The summed E-state index contributed by atoms with van der Waals surface area (Å²) in [5.74, 6) is 2.51. The number of rotatable bonds is 7. The number of hydrogen-bond acceptors (Lipinski definition) is 3. The summed E-state index contributed by atoms with van der Waals surface area (Å²) >= 11 is 0. The van der Waals surface area contributed by atoms with Gasteiger partial charge in [-0.05, 0) is 18.8 Å². The number of guanidine groups is 1. The Hall–Kier alpha value is -1.82. The molecule has 2 heterocycles. The first-order valence-corrected chi connectivity index (χ1v) is 8.92. The topological polar surface area (TPSA) is 57.5 Å². The second-order valence-corrected chi connectivity index (χ2v) is 6.82. The van der Waals surface area contributed by atoms with Gasteiger partial charge in [0.2, 0.25) is 0 Å². The van der Waals surface area contributed by atoms with E-state index in [4.69, 9.17) is 0 Å². The summed E-state index contributed by atoms with van der Waals surface area (Å²) in [5, 5.41) is 6.94. The summed E-state index contributed by atoms with van der Waals surface area (Å²) < 4.78 is 2.21. The van der Waals surface area contributed by atoms with Crippen molar-refractivity contribution in [2.45, 2.75) is 45.8 Å². The zero-order chi connectivity index (χ0) is 17.4. The lowest BCUT2D eigenvalue weighted by atomic mass is 10.1. The van der Waals surface area contributed by atoms with Gasteiger partial charge < -0.3 is 15.2 Å². The lowest BCUT2D eigenvalue weighted by molar-refractivity contribution is 0.225. The first-order chi connectivity index (χ1) is 11.6. The van der Waals surface area contributed by atoms with Crippen LogP contribution in [0.3, 0.4) is 0 Å². The zero-order valence-electron chi connectivity index (χ0n) is 15.3. The van der Waals surface area contributed by atoms with E-state index in [9.17, 15) is 0 Å². The van der Waals surface area contributed by atoms with Crippen LogP contribution in [0.2, 0.25) is 0 Å². The quantitative estimate of drug-likeness (QED) is 0.455. The van der Waals surface area contributed by atoms with Crippen molar-refractivity contribution < 1.29 is 0 Å². The summed E-state index contributed by atoms with van der Waals surface area (Å²) in [4.78, 5) is 11.2. The van der Waals surface area contributed by atoms with E-state index in [0.717, 1.165) is 50.8 Å². The number of imidazole rings is 1.